The van der Waals surface area contributed by atoms with Crippen molar-refractivity contribution in [3.63, 3.8) is 0 Å². The van der Waals surface area contributed by atoms with Gasteiger partial charge in [-0.15, -0.1) is 0 Å². The fraction of sp³-hybridized carbons (Fsp3) is 0.733. The van der Waals surface area contributed by atoms with Gasteiger partial charge < -0.3 is 9.47 Å². The highest BCUT2D eigenvalue weighted by atomic mass is 16.6. The van der Waals surface area contributed by atoms with E-state index in [2.05, 4.69) is 0 Å². The minimum atomic E-state index is -1.34. The van der Waals surface area contributed by atoms with Crippen LogP contribution in [-0.4, -0.2) is 36.2 Å². The predicted octanol–water partition coefficient (Wildman–Crippen LogP) is 1.98. The number of rotatable bonds is 11. The number of ether oxygens (including phenoxy) is 2. The van der Waals surface area contributed by atoms with Crippen LogP contribution in [0.5, 0.6) is 0 Å². The lowest BCUT2D eigenvalue weighted by atomic mass is 10.1. The molecule has 0 saturated carbocycles. The number of ketones is 2. The first-order valence-corrected chi connectivity index (χ1v) is 7.32. The second-order valence-electron chi connectivity index (χ2n) is 4.79. The third-order valence-corrected chi connectivity index (χ3v) is 2.78. The van der Waals surface area contributed by atoms with E-state index in [0.29, 0.717) is 12.8 Å². The van der Waals surface area contributed by atoms with Crippen molar-refractivity contribution in [3.8, 4) is 0 Å². The molecular weight excluding hydrogens is 276 g/mol. The van der Waals surface area contributed by atoms with Crippen LogP contribution in [0.1, 0.15) is 59.3 Å². The molecule has 1 atom stereocenters. The summed E-state index contributed by atoms with van der Waals surface area (Å²) in [7, 11) is 0. The molecule has 0 fully saturated rings. The highest BCUT2D eigenvalue weighted by Crippen LogP contribution is 2.05. The summed E-state index contributed by atoms with van der Waals surface area (Å²) in [5.74, 6) is -2.63. The minimum absolute atomic E-state index is 0.169. The lowest BCUT2D eigenvalue weighted by Crippen LogP contribution is -2.36. The van der Waals surface area contributed by atoms with Crippen LogP contribution in [-0.2, 0) is 28.7 Å². The highest BCUT2D eigenvalue weighted by molar-refractivity contribution is 6.38. The van der Waals surface area contributed by atoms with Crippen molar-refractivity contribution in [1.82, 2.24) is 0 Å². The van der Waals surface area contributed by atoms with E-state index in [0.717, 1.165) is 19.8 Å². The highest BCUT2D eigenvalue weighted by Gasteiger charge is 2.27. The molecule has 0 aliphatic heterocycles. The van der Waals surface area contributed by atoms with E-state index < -0.39 is 36.2 Å². The lowest BCUT2D eigenvalue weighted by molar-refractivity contribution is -0.165. The number of Topliss-reactive ketones (excluding diaryl/α,β-unsaturated/α-hetero) is 2. The molecule has 120 valence electrons. The van der Waals surface area contributed by atoms with Crippen molar-refractivity contribution in [3.05, 3.63) is 0 Å². The Bertz CT molecular complexity index is 374. The van der Waals surface area contributed by atoms with E-state index in [1.807, 2.05) is 13.8 Å². The molecule has 0 rings (SSSR count). The van der Waals surface area contributed by atoms with Crippen molar-refractivity contribution in [2.75, 3.05) is 6.61 Å². The first-order chi connectivity index (χ1) is 9.92. The Balaban J connectivity index is 4.46. The zero-order valence-corrected chi connectivity index (χ0v) is 13.0. The number of hydrogen-bond donors (Lipinski definition) is 0. The van der Waals surface area contributed by atoms with E-state index in [9.17, 15) is 19.2 Å². The molecule has 6 heteroatoms. The third-order valence-electron chi connectivity index (χ3n) is 2.78. The monoisotopic (exact) mass is 300 g/mol. The summed E-state index contributed by atoms with van der Waals surface area (Å²) < 4.78 is 9.84. The van der Waals surface area contributed by atoms with Gasteiger partial charge in [-0.3, -0.25) is 19.2 Å². The van der Waals surface area contributed by atoms with Crippen LogP contribution in [0, 0.1) is 0 Å². The SMILES string of the molecule is CCCCC(=O)OCC(OC(=O)CCCC)C(=O)C(C)=O. The van der Waals surface area contributed by atoms with E-state index >= 15 is 0 Å². The van der Waals surface area contributed by atoms with Crippen molar-refractivity contribution in [2.45, 2.75) is 65.4 Å². The molecule has 0 bridgehead atoms. The molecule has 0 saturated heterocycles. The summed E-state index contributed by atoms with van der Waals surface area (Å²) in [6.07, 6.45) is 2.04. The van der Waals surface area contributed by atoms with Gasteiger partial charge in [-0.2, -0.15) is 0 Å². The second-order valence-corrected chi connectivity index (χ2v) is 4.79. The average molecular weight is 300 g/mol. The molecule has 0 aromatic carbocycles. The molecule has 0 aliphatic rings. The first-order valence-electron chi connectivity index (χ1n) is 7.32. The van der Waals surface area contributed by atoms with Gasteiger partial charge >= 0.3 is 11.9 Å². The average Bonchev–Trinajstić information content (AvgIpc) is 2.46. The molecule has 0 aliphatic carbocycles. The van der Waals surface area contributed by atoms with Crippen LogP contribution in [0.15, 0.2) is 0 Å². The van der Waals surface area contributed by atoms with Gasteiger partial charge in [-0.25, -0.2) is 0 Å². The first kappa shape index (κ1) is 19.3. The van der Waals surface area contributed by atoms with Gasteiger partial charge in [0, 0.05) is 19.8 Å². The number of carbonyl (C=O) groups is 4. The minimum Gasteiger partial charge on any atom is -0.461 e. The molecule has 0 spiro atoms. The van der Waals surface area contributed by atoms with Crippen molar-refractivity contribution >= 4 is 23.5 Å². The number of unbranched alkanes of at least 4 members (excludes halogenated alkanes) is 2. The summed E-state index contributed by atoms with van der Waals surface area (Å²) in [4.78, 5) is 45.7. The van der Waals surface area contributed by atoms with Crippen molar-refractivity contribution in [1.29, 1.82) is 0 Å². The summed E-state index contributed by atoms with van der Waals surface area (Å²) in [5, 5.41) is 0. The van der Waals surface area contributed by atoms with Gasteiger partial charge in [0.1, 0.15) is 6.61 Å². The van der Waals surface area contributed by atoms with E-state index in [4.69, 9.17) is 9.47 Å². The maximum absolute atomic E-state index is 11.7. The summed E-state index contributed by atoms with van der Waals surface area (Å²) in [6, 6.07) is 0. The third kappa shape index (κ3) is 8.94. The van der Waals surface area contributed by atoms with Gasteiger partial charge in [0.2, 0.25) is 11.9 Å². The molecule has 0 amide bonds. The van der Waals surface area contributed by atoms with Gasteiger partial charge in [0.15, 0.2) is 5.78 Å². The fourth-order valence-corrected chi connectivity index (χ4v) is 1.49. The quantitative estimate of drug-likeness (QED) is 0.428. The normalized spacial score (nSPS) is 11.6. The Kier molecular flexibility index (Phi) is 10.1. The molecule has 0 N–H and O–H groups in total. The molecule has 1 unspecified atom stereocenters. The van der Waals surface area contributed by atoms with Gasteiger partial charge in [-0.05, 0) is 12.8 Å². The lowest BCUT2D eigenvalue weighted by Gasteiger charge is -2.15. The zero-order chi connectivity index (χ0) is 16.3. The van der Waals surface area contributed by atoms with Crippen LogP contribution in [0.25, 0.3) is 0 Å². The van der Waals surface area contributed by atoms with Gasteiger partial charge in [0.25, 0.3) is 0 Å². The van der Waals surface area contributed by atoms with Crippen LogP contribution in [0.4, 0.5) is 0 Å². The Hall–Kier alpha value is -1.72. The number of hydrogen-bond acceptors (Lipinski definition) is 6. The molecule has 21 heavy (non-hydrogen) atoms. The summed E-state index contributed by atoms with van der Waals surface area (Å²) in [5.41, 5.74) is 0. The molecule has 0 aromatic rings. The standard InChI is InChI=1S/C15H24O6/c1-4-6-8-13(17)20-10-12(15(19)11(3)16)21-14(18)9-7-5-2/h12H,4-10H2,1-3H3. The Morgan fingerprint density at radius 3 is 1.90 bits per heavy atom. The van der Waals surface area contributed by atoms with E-state index in [1.165, 1.54) is 0 Å². The van der Waals surface area contributed by atoms with E-state index in [1.54, 1.807) is 0 Å². The van der Waals surface area contributed by atoms with Crippen LogP contribution < -0.4 is 0 Å². The number of esters is 2. The van der Waals surface area contributed by atoms with Crippen molar-refractivity contribution in [2.24, 2.45) is 0 Å². The molecule has 0 aromatic heterocycles. The second kappa shape index (κ2) is 11.0. The van der Waals surface area contributed by atoms with E-state index in [-0.39, 0.29) is 12.8 Å². The maximum atomic E-state index is 11.7. The molecule has 6 nitrogen and oxygen atoms in total. The molecule has 0 radical (unpaired) electrons. The maximum Gasteiger partial charge on any atom is 0.306 e. The Labute approximate surface area is 125 Å². The van der Waals surface area contributed by atoms with Crippen LogP contribution in [0.3, 0.4) is 0 Å². The van der Waals surface area contributed by atoms with Crippen molar-refractivity contribution < 1.29 is 28.7 Å². The Morgan fingerprint density at radius 1 is 0.905 bits per heavy atom. The van der Waals surface area contributed by atoms with Gasteiger partial charge in [-0.1, -0.05) is 26.7 Å². The van der Waals surface area contributed by atoms with Crippen LogP contribution in [0.2, 0.25) is 0 Å². The molecule has 0 heterocycles. The van der Waals surface area contributed by atoms with Gasteiger partial charge in [0.05, 0.1) is 0 Å². The molecular formula is C15H24O6. The zero-order valence-electron chi connectivity index (χ0n) is 13.0. The predicted molar refractivity (Wildman–Crippen MR) is 75.6 cm³/mol. The fourth-order valence-electron chi connectivity index (χ4n) is 1.49. The summed E-state index contributed by atoms with van der Waals surface area (Å²) in [6.45, 7) is 4.54. The largest absolute Gasteiger partial charge is 0.461 e. The summed E-state index contributed by atoms with van der Waals surface area (Å²) >= 11 is 0. The number of carbonyl (C=O) groups excluding carboxylic acids is 4. The topological polar surface area (TPSA) is 86.7 Å². The van der Waals surface area contributed by atoms with Crippen LogP contribution >= 0.6 is 0 Å². The Morgan fingerprint density at radius 2 is 1.43 bits per heavy atom. The smallest absolute Gasteiger partial charge is 0.306 e.